The summed E-state index contributed by atoms with van der Waals surface area (Å²) in [4.78, 5) is 16.6. The van der Waals surface area contributed by atoms with Crippen molar-refractivity contribution in [2.24, 2.45) is 0 Å². The third-order valence-corrected chi connectivity index (χ3v) is 3.69. The van der Waals surface area contributed by atoms with E-state index in [1.165, 1.54) is 0 Å². The number of carbonyl (C=O) groups is 1. The predicted molar refractivity (Wildman–Crippen MR) is 91.1 cm³/mol. The van der Waals surface area contributed by atoms with Gasteiger partial charge in [0.15, 0.2) is 0 Å². The van der Waals surface area contributed by atoms with Crippen LogP contribution in [0, 0.1) is 0 Å². The van der Waals surface area contributed by atoms with Crippen molar-refractivity contribution in [1.82, 2.24) is 9.38 Å². The van der Waals surface area contributed by atoms with Gasteiger partial charge in [0.05, 0.1) is 7.11 Å². The zero-order chi connectivity index (χ0) is 16.4. The second-order valence-corrected chi connectivity index (χ2v) is 5.73. The SMILES string of the molecule is COc1ccc(-c2nc3ccccn3c2NC(=O)C(C)Cl)cc1. The van der Waals surface area contributed by atoms with Crippen molar-refractivity contribution in [1.29, 1.82) is 0 Å². The lowest BCUT2D eigenvalue weighted by Gasteiger charge is -2.09. The molecule has 2 heterocycles. The maximum absolute atomic E-state index is 12.0. The highest BCUT2D eigenvalue weighted by atomic mass is 35.5. The molecule has 0 saturated carbocycles. The van der Waals surface area contributed by atoms with Gasteiger partial charge in [-0.25, -0.2) is 4.98 Å². The molecule has 6 heteroatoms. The number of nitrogens with zero attached hydrogens (tertiary/aromatic N) is 2. The molecular weight excluding hydrogens is 314 g/mol. The number of methoxy groups -OCH3 is 1. The Morgan fingerprint density at radius 1 is 1.26 bits per heavy atom. The number of rotatable bonds is 4. The molecule has 0 saturated heterocycles. The van der Waals surface area contributed by atoms with Crippen LogP contribution in [-0.4, -0.2) is 27.8 Å². The molecule has 5 nitrogen and oxygen atoms in total. The van der Waals surface area contributed by atoms with Gasteiger partial charge in [-0.15, -0.1) is 11.6 Å². The Morgan fingerprint density at radius 2 is 2.00 bits per heavy atom. The number of nitrogens with one attached hydrogen (secondary N) is 1. The van der Waals surface area contributed by atoms with Crippen LogP contribution in [0.2, 0.25) is 0 Å². The first-order valence-corrected chi connectivity index (χ1v) is 7.60. The number of imidazole rings is 1. The number of aromatic nitrogens is 2. The summed E-state index contributed by atoms with van der Waals surface area (Å²) < 4.78 is 7.01. The summed E-state index contributed by atoms with van der Waals surface area (Å²) >= 11 is 5.88. The molecule has 0 bridgehead atoms. The number of amides is 1. The van der Waals surface area contributed by atoms with Gasteiger partial charge in [-0.05, 0) is 43.3 Å². The van der Waals surface area contributed by atoms with E-state index < -0.39 is 5.38 Å². The minimum absolute atomic E-state index is 0.271. The van der Waals surface area contributed by atoms with E-state index in [4.69, 9.17) is 16.3 Å². The molecule has 0 fully saturated rings. The largest absolute Gasteiger partial charge is 0.497 e. The number of halogens is 1. The van der Waals surface area contributed by atoms with E-state index in [-0.39, 0.29) is 5.91 Å². The fourth-order valence-electron chi connectivity index (χ4n) is 2.28. The highest BCUT2D eigenvalue weighted by Crippen LogP contribution is 2.30. The van der Waals surface area contributed by atoms with E-state index >= 15 is 0 Å². The van der Waals surface area contributed by atoms with Crippen molar-refractivity contribution >= 4 is 29.0 Å². The summed E-state index contributed by atoms with van der Waals surface area (Å²) in [5, 5.41) is 2.23. The van der Waals surface area contributed by atoms with Crippen LogP contribution in [0.25, 0.3) is 16.9 Å². The molecule has 3 aromatic rings. The van der Waals surface area contributed by atoms with Crippen molar-refractivity contribution in [2.45, 2.75) is 12.3 Å². The van der Waals surface area contributed by atoms with Crippen LogP contribution in [0.3, 0.4) is 0 Å². The van der Waals surface area contributed by atoms with E-state index in [9.17, 15) is 4.79 Å². The Morgan fingerprint density at radius 3 is 2.65 bits per heavy atom. The lowest BCUT2D eigenvalue weighted by atomic mass is 10.1. The molecule has 1 unspecified atom stereocenters. The van der Waals surface area contributed by atoms with E-state index in [0.717, 1.165) is 17.0 Å². The standard InChI is InChI=1S/C17H16ClN3O2/c1-11(18)17(22)20-16-15(12-6-8-13(23-2)9-7-12)19-14-5-3-4-10-21(14)16/h3-11H,1-2H3,(H,20,22). The number of pyridine rings is 1. The Bertz CT molecular complexity index is 841. The molecule has 23 heavy (non-hydrogen) atoms. The molecule has 0 spiro atoms. The first-order chi connectivity index (χ1) is 11.1. The summed E-state index contributed by atoms with van der Waals surface area (Å²) in [6.07, 6.45) is 1.85. The van der Waals surface area contributed by atoms with Crippen LogP contribution in [0.5, 0.6) is 5.75 Å². The Labute approximate surface area is 138 Å². The topological polar surface area (TPSA) is 55.6 Å². The summed E-state index contributed by atoms with van der Waals surface area (Å²) in [6, 6.07) is 13.2. The second kappa shape index (κ2) is 6.30. The number of anilines is 1. The van der Waals surface area contributed by atoms with Gasteiger partial charge in [0.1, 0.15) is 28.3 Å². The lowest BCUT2D eigenvalue weighted by molar-refractivity contribution is -0.115. The molecule has 3 rings (SSSR count). The monoisotopic (exact) mass is 329 g/mol. The normalized spacial score (nSPS) is 12.1. The van der Waals surface area contributed by atoms with Crippen molar-refractivity contribution < 1.29 is 9.53 Å². The highest BCUT2D eigenvalue weighted by molar-refractivity contribution is 6.32. The average molecular weight is 330 g/mol. The predicted octanol–water partition coefficient (Wildman–Crippen LogP) is 3.58. The van der Waals surface area contributed by atoms with Crippen molar-refractivity contribution in [3.8, 4) is 17.0 Å². The van der Waals surface area contributed by atoms with Crippen LogP contribution in [0.4, 0.5) is 5.82 Å². The number of hydrogen-bond acceptors (Lipinski definition) is 3. The van der Waals surface area contributed by atoms with Crippen molar-refractivity contribution in [3.63, 3.8) is 0 Å². The van der Waals surface area contributed by atoms with Gasteiger partial charge in [-0.3, -0.25) is 9.20 Å². The summed E-state index contributed by atoms with van der Waals surface area (Å²) in [5.41, 5.74) is 2.31. The number of alkyl halides is 1. The molecule has 1 aromatic carbocycles. The van der Waals surface area contributed by atoms with Gasteiger partial charge in [0.2, 0.25) is 5.91 Å². The maximum Gasteiger partial charge on any atom is 0.243 e. The van der Waals surface area contributed by atoms with E-state index in [1.807, 2.05) is 53.1 Å². The Hall–Kier alpha value is -2.53. The summed E-state index contributed by atoms with van der Waals surface area (Å²) in [7, 11) is 1.62. The van der Waals surface area contributed by atoms with Gasteiger partial charge in [-0.2, -0.15) is 0 Å². The fourth-order valence-corrected chi connectivity index (χ4v) is 2.34. The third kappa shape index (κ3) is 3.00. The highest BCUT2D eigenvalue weighted by Gasteiger charge is 2.18. The fraction of sp³-hybridized carbons (Fsp3) is 0.176. The number of carbonyl (C=O) groups excluding carboxylic acids is 1. The molecule has 0 aliphatic heterocycles. The van der Waals surface area contributed by atoms with Crippen molar-refractivity contribution in [3.05, 3.63) is 48.7 Å². The molecule has 118 valence electrons. The minimum atomic E-state index is -0.632. The molecule has 0 aliphatic rings. The zero-order valence-electron chi connectivity index (χ0n) is 12.8. The lowest BCUT2D eigenvalue weighted by Crippen LogP contribution is -2.21. The molecular formula is C17H16ClN3O2. The van der Waals surface area contributed by atoms with Crippen LogP contribution in [0.15, 0.2) is 48.7 Å². The smallest absolute Gasteiger partial charge is 0.243 e. The average Bonchev–Trinajstić information content (AvgIpc) is 2.93. The first-order valence-electron chi connectivity index (χ1n) is 7.16. The summed E-state index contributed by atoms with van der Waals surface area (Å²) in [5.74, 6) is 1.09. The van der Waals surface area contributed by atoms with E-state index in [2.05, 4.69) is 10.3 Å². The van der Waals surface area contributed by atoms with Gasteiger partial charge in [0, 0.05) is 11.8 Å². The number of benzene rings is 1. The molecule has 1 N–H and O–H groups in total. The summed E-state index contributed by atoms with van der Waals surface area (Å²) in [6.45, 7) is 1.63. The van der Waals surface area contributed by atoms with Crippen LogP contribution in [-0.2, 0) is 4.79 Å². The van der Waals surface area contributed by atoms with E-state index in [1.54, 1.807) is 14.0 Å². The Kier molecular flexibility index (Phi) is 4.21. The quantitative estimate of drug-likeness (QED) is 0.744. The molecule has 0 aliphatic carbocycles. The molecule has 1 atom stereocenters. The zero-order valence-corrected chi connectivity index (χ0v) is 13.5. The number of ether oxygens (including phenoxy) is 1. The molecule has 2 aromatic heterocycles. The van der Waals surface area contributed by atoms with Crippen LogP contribution < -0.4 is 10.1 Å². The maximum atomic E-state index is 12.0. The van der Waals surface area contributed by atoms with Gasteiger partial charge in [-0.1, -0.05) is 6.07 Å². The Balaban J connectivity index is 2.12. The third-order valence-electron chi connectivity index (χ3n) is 3.50. The number of hydrogen-bond donors (Lipinski definition) is 1. The van der Waals surface area contributed by atoms with Crippen LogP contribution >= 0.6 is 11.6 Å². The van der Waals surface area contributed by atoms with Gasteiger partial charge in [0.25, 0.3) is 0 Å². The number of fused-ring (bicyclic) bond motifs is 1. The van der Waals surface area contributed by atoms with E-state index in [0.29, 0.717) is 11.5 Å². The minimum Gasteiger partial charge on any atom is -0.497 e. The van der Waals surface area contributed by atoms with Crippen LogP contribution in [0.1, 0.15) is 6.92 Å². The molecule has 0 radical (unpaired) electrons. The van der Waals surface area contributed by atoms with Crippen molar-refractivity contribution in [2.75, 3.05) is 12.4 Å². The first kappa shape index (κ1) is 15.4. The second-order valence-electron chi connectivity index (χ2n) is 5.07. The molecule has 1 amide bonds. The van der Waals surface area contributed by atoms with Gasteiger partial charge >= 0.3 is 0 Å². The van der Waals surface area contributed by atoms with Gasteiger partial charge < -0.3 is 10.1 Å².